The molecule has 2 unspecified atom stereocenters. The van der Waals surface area contributed by atoms with E-state index in [1.165, 1.54) is 5.56 Å². The largest absolute Gasteiger partial charge is 0.392 e. The minimum absolute atomic E-state index is 0.0998. The highest BCUT2D eigenvalue weighted by Gasteiger charge is 2.26. The summed E-state index contributed by atoms with van der Waals surface area (Å²) in [7, 11) is 0. The molecule has 2 aromatic carbocycles. The van der Waals surface area contributed by atoms with Crippen molar-refractivity contribution in [3.05, 3.63) is 66.2 Å². The average molecular weight is 283 g/mol. The molecule has 0 aliphatic heterocycles. The third-order valence-corrected chi connectivity index (χ3v) is 3.78. The Balaban J connectivity index is 2.19. The summed E-state index contributed by atoms with van der Waals surface area (Å²) in [5.41, 5.74) is 2.16. The molecular formula is C19H25NO. The van der Waals surface area contributed by atoms with Gasteiger partial charge in [0, 0.05) is 5.69 Å². The summed E-state index contributed by atoms with van der Waals surface area (Å²) in [4.78, 5) is 0. The van der Waals surface area contributed by atoms with Gasteiger partial charge in [-0.15, -0.1) is 0 Å². The van der Waals surface area contributed by atoms with Gasteiger partial charge in [0.1, 0.15) is 0 Å². The van der Waals surface area contributed by atoms with E-state index >= 15 is 0 Å². The van der Waals surface area contributed by atoms with Crippen molar-refractivity contribution in [3.63, 3.8) is 0 Å². The van der Waals surface area contributed by atoms with Gasteiger partial charge < -0.3 is 10.4 Å². The predicted octanol–water partition coefficient (Wildman–Crippen LogP) is 4.64. The van der Waals surface area contributed by atoms with Crippen LogP contribution in [0.4, 0.5) is 5.69 Å². The van der Waals surface area contributed by atoms with Crippen molar-refractivity contribution in [2.75, 3.05) is 5.32 Å². The molecule has 2 rings (SSSR count). The van der Waals surface area contributed by atoms with Gasteiger partial charge in [-0.05, 0) is 29.5 Å². The molecule has 0 aliphatic rings. The highest BCUT2D eigenvalue weighted by atomic mass is 16.3. The highest BCUT2D eigenvalue weighted by molar-refractivity contribution is 5.45. The molecule has 0 fully saturated rings. The van der Waals surface area contributed by atoms with Crippen molar-refractivity contribution in [1.82, 2.24) is 0 Å². The van der Waals surface area contributed by atoms with Gasteiger partial charge in [-0.2, -0.15) is 0 Å². The van der Waals surface area contributed by atoms with Crippen molar-refractivity contribution in [2.24, 2.45) is 5.41 Å². The molecule has 0 aliphatic carbocycles. The van der Waals surface area contributed by atoms with Crippen LogP contribution >= 0.6 is 0 Å². The zero-order valence-electron chi connectivity index (χ0n) is 13.1. The molecule has 2 N–H and O–H groups in total. The molecule has 0 aromatic heterocycles. The van der Waals surface area contributed by atoms with Crippen LogP contribution < -0.4 is 5.32 Å². The second-order valence-corrected chi connectivity index (χ2v) is 6.59. The van der Waals surface area contributed by atoms with Crippen LogP contribution in [0.2, 0.25) is 0 Å². The van der Waals surface area contributed by atoms with Gasteiger partial charge in [0.05, 0.1) is 12.1 Å². The maximum Gasteiger partial charge on any atom is 0.0611 e. The lowest BCUT2D eigenvalue weighted by molar-refractivity contribution is 0.0513. The molecule has 0 amide bonds. The Labute approximate surface area is 127 Å². The minimum Gasteiger partial charge on any atom is -0.392 e. The first-order valence-corrected chi connectivity index (χ1v) is 7.51. The first kappa shape index (κ1) is 15.6. The second kappa shape index (κ2) is 6.77. The summed E-state index contributed by atoms with van der Waals surface area (Å²) in [6.07, 6.45) is 0.321. The van der Waals surface area contributed by atoms with Gasteiger partial charge in [-0.1, -0.05) is 69.3 Å². The number of benzene rings is 2. The Morgan fingerprint density at radius 2 is 1.43 bits per heavy atom. The minimum atomic E-state index is -0.362. The summed E-state index contributed by atoms with van der Waals surface area (Å²) in [6.45, 7) is 6.21. The number of aliphatic hydroxyl groups is 1. The van der Waals surface area contributed by atoms with Crippen molar-refractivity contribution in [2.45, 2.75) is 39.3 Å². The molecule has 0 bridgehead atoms. The summed E-state index contributed by atoms with van der Waals surface area (Å²) < 4.78 is 0. The molecule has 2 aromatic rings. The van der Waals surface area contributed by atoms with E-state index in [0.29, 0.717) is 6.42 Å². The standard InChI is InChI=1S/C19H25NO/c1-19(2,3)18(21)14-17(15-10-6-4-7-11-15)20-16-12-8-5-9-13-16/h4-13,17-18,20-21H,14H2,1-3H3. The molecule has 0 radical (unpaired) electrons. The Morgan fingerprint density at radius 3 is 1.95 bits per heavy atom. The number of anilines is 1. The molecule has 21 heavy (non-hydrogen) atoms. The van der Waals surface area contributed by atoms with Crippen LogP contribution in [0.25, 0.3) is 0 Å². The van der Waals surface area contributed by atoms with E-state index in [1.54, 1.807) is 0 Å². The molecule has 2 nitrogen and oxygen atoms in total. The monoisotopic (exact) mass is 283 g/mol. The lowest BCUT2D eigenvalue weighted by Gasteiger charge is -2.30. The second-order valence-electron chi connectivity index (χ2n) is 6.59. The Morgan fingerprint density at radius 1 is 0.905 bits per heavy atom. The number of nitrogens with one attached hydrogen (secondary N) is 1. The Kier molecular flexibility index (Phi) is 5.03. The van der Waals surface area contributed by atoms with Crippen LogP contribution in [0.15, 0.2) is 60.7 Å². The first-order chi connectivity index (χ1) is 9.97. The van der Waals surface area contributed by atoms with Crippen LogP contribution in [0, 0.1) is 5.41 Å². The van der Waals surface area contributed by atoms with E-state index in [9.17, 15) is 5.11 Å². The van der Waals surface area contributed by atoms with Crippen molar-refractivity contribution in [1.29, 1.82) is 0 Å². The van der Waals surface area contributed by atoms with Gasteiger partial charge in [-0.3, -0.25) is 0 Å². The summed E-state index contributed by atoms with van der Waals surface area (Å²) in [5.74, 6) is 0. The first-order valence-electron chi connectivity index (χ1n) is 7.51. The quantitative estimate of drug-likeness (QED) is 0.838. The van der Waals surface area contributed by atoms with Crippen molar-refractivity contribution in [3.8, 4) is 0 Å². The highest BCUT2D eigenvalue weighted by Crippen LogP contribution is 2.30. The zero-order valence-corrected chi connectivity index (χ0v) is 13.1. The van der Waals surface area contributed by atoms with Gasteiger partial charge in [-0.25, -0.2) is 0 Å². The molecule has 112 valence electrons. The molecule has 0 spiro atoms. The van der Waals surface area contributed by atoms with Gasteiger partial charge in [0.25, 0.3) is 0 Å². The number of hydrogen-bond donors (Lipinski definition) is 2. The Bertz CT molecular complexity index is 530. The van der Waals surface area contributed by atoms with Gasteiger partial charge in [0.15, 0.2) is 0 Å². The van der Waals surface area contributed by atoms with E-state index in [-0.39, 0.29) is 17.6 Å². The van der Waals surface area contributed by atoms with E-state index in [2.05, 4.69) is 50.4 Å². The van der Waals surface area contributed by atoms with Gasteiger partial charge >= 0.3 is 0 Å². The lowest BCUT2D eigenvalue weighted by atomic mass is 9.84. The summed E-state index contributed by atoms with van der Waals surface area (Å²) in [5, 5.41) is 14.0. The maximum atomic E-state index is 10.5. The van der Waals surface area contributed by atoms with Crippen molar-refractivity contribution >= 4 is 5.69 Å². The fraction of sp³-hybridized carbons (Fsp3) is 0.368. The number of rotatable bonds is 5. The molecular weight excluding hydrogens is 258 g/mol. The fourth-order valence-electron chi connectivity index (χ4n) is 2.28. The fourth-order valence-corrected chi connectivity index (χ4v) is 2.28. The smallest absolute Gasteiger partial charge is 0.0611 e. The van der Waals surface area contributed by atoms with E-state index in [1.807, 2.05) is 36.4 Å². The van der Waals surface area contributed by atoms with Crippen LogP contribution in [0.5, 0.6) is 0 Å². The maximum absolute atomic E-state index is 10.5. The SMILES string of the molecule is CC(C)(C)C(O)CC(Nc1ccccc1)c1ccccc1. The molecule has 0 heterocycles. The van der Waals surface area contributed by atoms with Crippen LogP contribution in [-0.2, 0) is 0 Å². The number of hydrogen-bond acceptors (Lipinski definition) is 2. The van der Waals surface area contributed by atoms with Crippen LogP contribution in [0.3, 0.4) is 0 Å². The zero-order chi connectivity index (χ0) is 15.3. The van der Waals surface area contributed by atoms with Crippen LogP contribution in [-0.4, -0.2) is 11.2 Å². The topological polar surface area (TPSA) is 32.3 Å². The van der Waals surface area contributed by atoms with E-state index < -0.39 is 0 Å². The predicted molar refractivity (Wildman–Crippen MR) is 89.3 cm³/mol. The van der Waals surface area contributed by atoms with E-state index in [4.69, 9.17) is 0 Å². The summed E-state index contributed by atoms with van der Waals surface area (Å²) in [6, 6.07) is 20.6. The third kappa shape index (κ3) is 4.61. The molecule has 0 saturated heterocycles. The van der Waals surface area contributed by atoms with E-state index in [0.717, 1.165) is 5.69 Å². The normalized spacial score (nSPS) is 14.5. The summed E-state index contributed by atoms with van der Waals surface area (Å²) >= 11 is 0. The average Bonchev–Trinajstić information content (AvgIpc) is 2.47. The third-order valence-electron chi connectivity index (χ3n) is 3.78. The van der Waals surface area contributed by atoms with Crippen molar-refractivity contribution < 1.29 is 5.11 Å². The number of para-hydroxylation sites is 1. The number of aliphatic hydroxyl groups excluding tert-OH is 1. The molecule has 2 heteroatoms. The van der Waals surface area contributed by atoms with Crippen LogP contribution in [0.1, 0.15) is 38.8 Å². The molecule has 2 atom stereocenters. The molecule has 0 saturated carbocycles. The Hall–Kier alpha value is -1.80. The lowest BCUT2D eigenvalue weighted by Crippen LogP contribution is -2.29. The van der Waals surface area contributed by atoms with Gasteiger partial charge in [0.2, 0.25) is 0 Å².